The summed E-state index contributed by atoms with van der Waals surface area (Å²) < 4.78 is 0. The molecule has 1 aromatic heterocycles. The van der Waals surface area contributed by atoms with Crippen LogP contribution in [0, 0.1) is 5.41 Å². The first-order valence-corrected chi connectivity index (χ1v) is 7.14. The zero-order valence-electron chi connectivity index (χ0n) is 12.6. The minimum Gasteiger partial charge on any atom is -0.346 e. The van der Waals surface area contributed by atoms with Crippen molar-refractivity contribution in [3.8, 4) is 11.1 Å². The molecular weight excluding hydrogens is 276 g/mol. The van der Waals surface area contributed by atoms with E-state index < -0.39 is 5.54 Å². The molecule has 1 aromatic carbocycles. The number of carbonyl (C=O) groups is 1. The van der Waals surface area contributed by atoms with Crippen molar-refractivity contribution in [2.45, 2.75) is 18.9 Å². The minimum atomic E-state index is -0.571. The minimum absolute atomic E-state index is 0.0574. The second-order valence-electron chi connectivity index (χ2n) is 5.76. The number of aromatic nitrogens is 1. The molecule has 1 atom stereocenters. The van der Waals surface area contributed by atoms with E-state index in [2.05, 4.69) is 16.4 Å². The number of hydrogen-bond acceptors (Lipinski definition) is 3. The highest BCUT2D eigenvalue weighted by molar-refractivity contribution is 5.98. The monoisotopic (exact) mass is 294 g/mol. The molecule has 0 aliphatic carbocycles. The number of hydrogen-bond donors (Lipinski definition) is 2. The van der Waals surface area contributed by atoms with Crippen LogP contribution >= 0.6 is 0 Å². The van der Waals surface area contributed by atoms with Crippen molar-refractivity contribution in [3.05, 3.63) is 54.4 Å². The lowest BCUT2D eigenvalue weighted by molar-refractivity contribution is -0.129. The van der Waals surface area contributed by atoms with Crippen LogP contribution in [0.3, 0.4) is 0 Å². The predicted molar refractivity (Wildman–Crippen MR) is 85.3 cm³/mol. The van der Waals surface area contributed by atoms with Gasteiger partial charge in [-0.15, -0.1) is 0 Å². The Hall–Kier alpha value is -2.69. The second-order valence-corrected chi connectivity index (χ2v) is 5.76. The van der Waals surface area contributed by atoms with Crippen molar-refractivity contribution in [2.75, 3.05) is 7.05 Å². The van der Waals surface area contributed by atoms with Crippen LogP contribution in [-0.2, 0) is 10.3 Å². The Morgan fingerprint density at radius 2 is 2.05 bits per heavy atom. The number of rotatable bonds is 2. The number of benzene rings is 1. The van der Waals surface area contributed by atoms with Gasteiger partial charge in [0, 0.05) is 19.4 Å². The summed E-state index contributed by atoms with van der Waals surface area (Å²) in [6, 6.07) is 11.9. The van der Waals surface area contributed by atoms with E-state index in [9.17, 15) is 4.79 Å². The highest BCUT2D eigenvalue weighted by Gasteiger charge is 2.37. The summed E-state index contributed by atoms with van der Waals surface area (Å²) in [6.07, 6.45) is 3.88. The Bertz CT molecular complexity index is 708. The number of nitrogens with zero attached hydrogens (tertiary/aromatic N) is 2. The van der Waals surface area contributed by atoms with Crippen molar-refractivity contribution in [2.24, 2.45) is 0 Å². The zero-order chi connectivity index (χ0) is 15.7. The van der Waals surface area contributed by atoms with Gasteiger partial charge in [-0.2, -0.15) is 0 Å². The first-order valence-electron chi connectivity index (χ1n) is 7.14. The molecule has 2 aromatic rings. The van der Waals surface area contributed by atoms with Gasteiger partial charge in [0.2, 0.25) is 5.91 Å². The smallest absolute Gasteiger partial charge is 0.231 e. The van der Waals surface area contributed by atoms with Gasteiger partial charge in [-0.05, 0) is 35.7 Å². The third-order valence-corrected chi connectivity index (χ3v) is 4.10. The average molecular weight is 294 g/mol. The molecular formula is C17H18N4O. The average Bonchev–Trinajstić information content (AvgIpc) is 2.53. The molecule has 22 heavy (non-hydrogen) atoms. The van der Waals surface area contributed by atoms with Gasteiger partial charge in [-0.3, -0.25) is 20.1 Å². The van der Waals surface area contributed by atoms with Gasteiger partial charge >= 0.3 is 0 Å². The van der Waals surface area contributed by atoms with Gasteiger partial charge in [0.25, 0.3) is 0 Å². The highest BCUT2D eigenvalue weighted by Crippen LogP contribution is 2.31. The van der Waals surface area contributed by atoms with E-state index >= 15 is 0 Å². The quantitative estimate of drug-likeness (QED) is 0.893. The van der Waals surface area contributed by atoms with Crippen LogP contribution in [0.15, 0.2) is 48.8 Å². The summed E-state index contributed by atoms with van der Waals surface area (Å²) in [4.78, 5) is 17.6. The van der Waals surface area contributed by atoms with Crippen molar-refractivity contribution in [1.82, 2.24) is 15.2 Å². The summed E-state index contributed by atoms with van der Waals surface area (Å²) in [6.45, 7) is 1.95. The number of amides is 1. The largest absolute Gasteiger partial charge is 0.346 e. The maximum Gasteiger partial charge on any atom is 0.231 e. The molecule has 0 saturated carbocycles. The molecule has 1 fully saturated rings. The molecule has 0 bridgehead atoms. The summed E-state index contributed by atoms with van der Waals surface area (Å²) >= 11 is 0. The molecule has 1 aliphatic heterocycles. The molecule has 1 amide bonds. The third kappa shape index (κ3) is 2.45. The number of pyridine rings is 1. The fourth-order valence-corrected chi connectivity index (χ4v) is 2.68. The van der Waals surface area contributed by atoms with Crippen molar-refractivity contribution >= 4 is 11.9 Å². The van der Waals surface area contributed by atoms with E-state index in [1.807, 2.05) is 43.5 Å². The maximum absolute atomic E-state index is 12.1. The van der Waals surface area contributed by atoms with Crippen LogP contribution in [0.2, 0.25) is 0 Å². The Morgan fingerprint density at radius 3 is 2.73 bits per heavy atom. The number of nitrogens with one attached hydrogen (secondary N) is 2. The molecule has 1 saturated heterocycles. The number of guanidine groups is 1. The summed E-state index contributed by atoms with van der Waals surface area (Å²) in [5.41, 5.74) is 2.49. The van der Waals surface area contributed by atoms with Crippen molar-refractivity contribution in [3.63, 3.8) is 0 Å². The highest BCUT2D eigenvalue weighted by atomic mass is 16.2. The van der Waals surface area contributed by atoms with Crippen LogP contribution in [0.25, 0.3) is 11.1 Å². The zero-order valence-corrected chi connectivity index (χ0v) is 12.6. The van der Waals surface area contributed by atoms with Gasteiger partial charge in [0.05, 0.1) is 12.0 Å². The molecule has 5 nitrogen and oxygen atoms in total. The normalized spacial score (nSPS) is 21.6. The van der Waals surface area contributed by atoms with E-state index in [0.29, 0.717) is 6.42 Å². The summed E-state index contributed by atoms with van der Waals surface area (Å²) in [5.74, 6) is 0.0727. The van der Waals surface area contributed by atoms with E-state index in [-0.39, 0.29) is 11.9 Å². The molecule has 112 valence electrons. The lowest BCUT2D eigenvalue weighted by Gasteiger charge is -2.39. The van der Waals surface area contributed by atoms with E-state index in [1.54, 1.807) is 13.2 Å². The molecule has 2 N–H and O–H groups in total. The fraction of sp³-hybridized carbons (Fsp3) is 0.235. The second kappa shape index (κ2) is 5.26. The topological polar surface area (TPSA) is 69.1 Å². The molecule has 2 heterocycles. The van der Waals surface area contributed by atoms with Crippen LogP contribution in [0.5, 0.6) is 0 Å². The van der Waals surface area contributed by atoms with E-state index in [0.717, 1.165) is 16.7 Å². The Balaban J connectivity index is 1.99. The van der Waals surface area contributed by atoms with Crippen molar-refractivity contribution < 1.29 is 4.79 Å². The van der Waals surface area contributed by atoms with Crippen LogP contribution in [0.1, 0.15) is 18.9 Å². The Labute approximate surface area is 129 Å². The molecule has 0 radical (unpaired) electrons. The van der Waals surface area contributed by atoms with E-state index in [4.69, 9.17) is 5.41 Å². The van der Waals surface area contributed by atoms with Gasteiger partial charge in [-0.1, -0.05) is 24.3 Å². The molecule has 1 aliphatic rings. The standard InChI is InChI=1S/C17H18N4O/c1-17(10-15(22)21(2)16(18)20-17)14-7-3-5-12(9-14)13-6-4-8-19-11-13/h3-9,11H,10H2,1-2H3,(H2,18,20)/t17-/m0/s1. The number of carbonyl (C=O) groups excluding carboxylic acids is 1. The SMILES string of the molecule is CN1C(=N)N[C@](C)(c2cccc(-c3cccnc3)c2)CC1=O. The fourth-order valence-electron chi connectivity index (χ4n) is 2.68. The molecule has 5 heteroatoms. The Morgan fingerprint density at radius 1 is 1.27 bits per heavy atom. The Kier molecular flexibility index (Phi) is 3.41. The van der Waals surface area contributed by atoms with Gasteiger partial charge < -0.3 is 5.32 Å². The lowest BCUT2D eigenvalue weighted by atomic mass is 9.85. The summed E-state index contributed by atoms with van der Waals surface area (Å²) in [7, 11) is 1.61. The van der Waals surface area contributed by atoms with Crippen LogP contribution in [-0.4, -0.2) is 28.8 Å². The molecule has 0 unspecified atom stereocenters. The first-order chi connectivity index (χ1) is 10.5. The van der Waals surface area contributed by atoms with Crippen LogP contribution in [0.4, 0.5) is 0 Å². The summed E-state index contributed by atoms with van der Waals surface area (Å²) in [5, 5.41) is 11.1. The van der Waals surface area contributed by atoms with Crippen molar-refractivity contribution in [1.29, 1.82) is 5.41 Å². The van der Waals surface area contributed by atoms with E-state index in [1.165, 1.54) is 4.90 Å². The maximum atomic E-state index is 12.1. The molecule has 3 rings (SSSR count). The molecule has 0 spiro atoms. The lowest BCUT2D eigenvalue weighted by Crippen LogP contribution is -2.58. The van der Waals surface area contributed by atoms with Gasteiger partial charge in [-0.25, -0.2) is 0 Å². The first kappa shape index (κ1) is 14.3. The predicted octanol–water partition coefficient (Wildman–Crippen LogP) is 2.35. The van der Waals surface area contributed by atoms with Crippen LogP contribution < -0.4 is 5.32 Å². The van der Waals surface area contributed by atoms with Gasteiger partial charge in [0.15, 0.2) is 5.96 Å². The third-order valence-electron chi connectivity index (χ3n) is 4.10. The van der Waals surface area contributed by atoms with Gasteiger partial charge in [0.1, 0.15) is 0 Å².